The van der Waals surface area contributed by atoms with Crippen LogP contribution in [0.2, 0.25) is 0 Å². The highest BCUT2D eigenvalue weighted by atomic mass is 19.4. The van der Waals surface area contributed by atoms with Crippen molar-refractivity contribution in [3.8, 4) is 5.75 Å². The predicted octanol–water partition coefficient (Wildman–Crippen LogP) is 4.03. The van der Waals surface area contributed by atoms with Crippen LogP contribution < -0.4 is 15.9 Å². The van der Waals surface area contributed by atoms with E-state index in [1.54, 1.807) is 17.0 Å². The van der Waals surface area contributed by atoms with E-state index in [0.717, 1.165) is 17.2 Å². The van der Waals surface area contributed by atoms with Crippen molar-refractivity contribution in [2.45, 2.75) is 45.3 Å². The van der Waals surface area contributed by atoms with Crippen LogP contribution in [0.4, 0.5) is 23.3 Å². The molecular weight excluding hydrogens is 492 g/mol. The van der Waals surface area contributed by atoms with Gasteiger partial charge in [-0.05, 0) is 77.8 Å². The fourth-order valence-electron chi connectivity index (χ4n) is 5.03. The first-order valence-electron chi connectivity index (χ1n) is 12.2. The van der Waals surface area contributed by atoms with Gasteiger partial charge in [-0.25, -0.2) is 0 Å². The molecule has 0 aromatic heterocycles. The van der Waals surface area contributed by atoms with E-state index in [0.29, 0.717) is 45.4 Å². The minimum absolute atomic E-state index is 0.0192. The molecule has 2 aromatic carbocycles. The number of benzene rings is 2. The summed E-state index contributed by atoms with van der Waals surface area (Å²) in [6, 6.07) is 8.26. The molecule has 4 rings (SSSR count). The molecule has 2 amide bonds. The van der Waals surface area contributed by atoms with Crippen molar-refractivity contribution in [3.63, 3.8) is 0 Å². The van der Waals surface area contributed by atoms with Gasteiger partial charge in [0.2, 0.25) is 11.8 Å². The Balaban J connectivity index is 1.46. The average molecular weight is 523 g/mol. The van der Waals surface area contributed by atoms with Gasteiger partial charge in [-0.2, -0.15) is 13.2 Å². The van der Waals surface area contributed by atoms with Crippen molar-refractivity contribution in [2.24, 2.45) is 11.7 Å². The SMILES string of the molecule is CC(=O)N1CCC(Cc2ccc(ON(F)c3ccc4c(c3)CN(CC(N)=O)CC4)cc2C(F)(F)F)CC1. The van der Waals surface area contributed by atoms with Crippen molar-refractivity contribution < 1.29 is 32.1 Å². The van der Waals surface area contributed by atoms with Crippen LogP contribution in [0, 0.1) is 5.92 Å². The molecule has 0 spiro atoms. The summed E-state index contributed by atoms with van der Waals surface area (Å²) in [6.45, 7) is 3.67. The number of likely N-dealkylation sites (tertiary alicyclic amines) is 1. The summed E-state index contributed by atoms with van der Waals surface area (Å²) in [5, 5.41) is -0.0556. The van der Waals surface area contributed by atoms with E-state index in [9.17, 15) is 27.2 Å². The highest BCUT2D eigenvalue weighted by Gasteiger charge is 2.35. The Kier molecular flexibility index (Phi) is 7.91. The van der Waals surface area contributed by atoms with Crippen LogP contribution in [0.15, 0.2) is 36.4 Å². The lowest BCUT2D eigenvalue weighted by Crippen LogP contribution is -2.37. The third-order valence-corrected chi connectivity index (χ3v) is 7.00. The molecule has 37 heavy (non-hydrogen) atoms. The Morgan fingerprint density at radius 1 is 1.08 bits per heavy atom. The lowest BCUT2D eigenvalue weighted by molar-refractivity contribution is -0.138. The zero-order valence-electron chi connectivity index (χ0n) is 20.6. The number of hydrogen-bond donors (Lipinski definition) is 1. The van der Waals surface area contributed by atoms with Crippen LogP contribution in [0.3, 0.4) is 0 Å². The lowest BCUT2D eigenvalue weighted by Gasteiger charge is -2.31. The molecule has 2 aliphatic heterocycles. The van der Waals surface area contributed by atoms with Crippen LogP contribution in [-0.2, 0) is 35.2 Å². The molecule has 0 bridgehead atoms. The molecule has 0 unspecified atom stereocenters. The fourth-order valence-corrected chi connectivity index (χ4v) is 5.03. The molecule has 0 atom stereocenters. The topological polar surface area (TPSA) is 79.1 Å². The summed E-state index contributed by atoms with van der Waals surface area (Å²) >= 11 is 0. The summed E-state index contributed by atoms with van der Waals surface area (Å²) in [7, 11) is 0. The Morgan fingerprint density at radius 3 is 2.46 bits per heavy atom. The average Bonchev–Trinajstić information content (AvgIpc) is 2.83. The van der Waals surface area contributed by atoms with Gasteiger partial charge in [-0.15, -0.1) is 0 Å². The number of nitrogens with two attached hydrogens (primary N) is 1. The highest BCUT2D eigenvalue weighted by Crippen LogP contribution is 2.37. The number of anilines is 1. The quantitative estimate of drug-likeness (QED) is 0.338. The van der Waals surface area contributed by atoms with Crippen LogP contribution >= 0.6 is 0 Å². The standard InChI is InChI=1S/C26H30F4N4O3/c1-17(35)33-10-6-18(7-11-33)12-20-3-5-23(14-24(20)26(27,28)29)37-34(30)22-4-2-19-8-9-32(16-25(31)36)15-21(19)13-22/h2-5,13-14,18H,6-12,15-16H2,1H3,(H2,31,36). The van der Waals surface area contributed by atoms with E-state index in [2.05, 4.69) is 0 Å². The van der Waals surface area contributed by atoms with Gasteiger partial charge in [0.25, 0.3) is 0 Å². The number of rotatable bonds is 7. The number of halogens is 4. The second-order valence-electron chi connectivity index (χ2n) is 9.69. The number of piperidine rings is 1. The second kappa shape index (κ2) is 11.0. The molecule has 2 heterocycles. The molecule has 0 aliphatic carbocycles. The maximum Gasteiger partial charge on any atom is 0.416 e. The fraction of sp³-hybridized carbons (Fsp3) is 0.462. The van der Waals surface area contributed by atoms with Gasteiger partial charge in [0.1, 0.15) is 5.69 Å². The Labute approximate surface area is 212 Å². The van der Waals surface area contributed by atoms with E-state index in [1.165, 1.54) is 25.1 Å². The number of nitrogens with zero attached hydrogens (tertiary/aromatic N) is 3. The summed E-state index contributed by atoms with van der Waals surface area (Å²) in [5.41, 5.74) is 6.33. The van der Waals surface area contributed by atoms with Crippen molar-refractivity contribution in [3.05, 3.63) is 58.7 Å². The number of primary amides is 1. The molecule has 7 nitrogen and oxygen atoms in total. The van der Waals surface area contributed by atoms with E-state index in [4.69, 9.17) is 10.6 Å². The lowest BCUT2D eigenvalue weighted by atomic mass is 9.88. The van der Waals surface area contributed by atoms with Gasteiger partial charge >= 0.3 is 6.18 Å². The molecule has 2 aromatic rings. The third-order valence-electron chi connectivity index (χ3n) is 7.00. The number of carbonyl (C=O) groups excluding carboxylic acids is 2. The first kappa shape index (κ1) is 26.7. The number of fused-ring (bicyclic) bond motifs is 1. The van der Waals surface area contributed by atoms with Gasteiger partial charge in [-0.1, -0.05) is 16.6 Å². The Hall–Kier alpha value is -3.34. The number of hydrogen-bond acceptors (Lipinski definition) is 5. The maximum absolute atomic E-state index is 14.9. The van der Waals surface area contributed by atoms with Crippen LogP contribution in [0.5, 0.6) is 5.75 Å². The van der Waals surface area contributed by atoms with Crippen molar-refractivity contribution in [1.82, 2.24) is 9.80 Å². The number of carbonyl (C=O) groups is 2. The summed E-state index contributed by atoms with van der Waals surface area (Å²) in [5.74, 6) is -0.752. The third kappa shape index (κ3) is 6.71. The van der Waals surface area contributed by atoms with Crippen molar-refractivity contribution in [1.29, 1.82) is 0 Å². The maximum atomic E-state index is 14.9. The summed E-state index contributed by atoms with van der Waals surface area (Å²) < 4.78 is 56.5. The van der Waals surface area contributed by atoms with Crippen LogP contribution in [0.25, 0.3) is 0 Å². The van der Waals surface area contributed by atoms with E-state index < -0.39 is 17.6 Å². The van der Waals surface area contributed by atoms with Crippen molar-refractivity contribution in [2.75, 3.05) is 31.5 Å². The van der Waals surface area contributed by atoms with Crippen molar-refractivity contribution >= 4 is 17.5 Å². The zero-order chi connectivity index (χ0) is 26.7. The van der Waals surface area contributed by atoms with E-state index in [-0.39, 0.29) is 47.1 Å². The van der Waals surface area contributed by atoms with Gasteiger partial charge in [0.05, 0.1) is 12.1 Å². The molecule has 2 aliphatic rings. The minimum Gasteiger partial charge on any atom is -0.369 e. The summed E-state index contributed by atoms with van der Waals surface area (Å²) in [4.78, 5) is 31.4. The Morgan fingerprint density at radius 2 is 1.81 bits per heavy atom. The van der Waals surface area contributed by atoms with E-state index >= 15 is 0 Å². The molecule has 0 radical (unpaired) electrons. The second-order valence-corrected chi connectivity index (χ2v) is 9.69. The summed E-state index contributed by atoms with van der Waals surface area (Å²) in [6.07, 6.45) is -2.50. The Bertz CT molecular complexity index is 1150. The first-order valence-corrected chi connectivity index (χ1v) is 12.2. The van der Waals surface area contributed by atoms with Crippen LogP contribution in [-0.4, -0.2) is 47.8 Å². The minimum atomic E-state index is -4.63. The van der Waals surface area contributed by atoms with Gasteiger partial charge in [0, 0.05) is 33.1 Å². The normalized spacial score (nSPS) is 16.8. The van der Waals surface area contributed by atoms with Gasteiger partial charge in [0.15, 0.2) is 5.75 Å². The molecule has 11 heteroatoms. The highest BCUT2D eigenvalue weighted by molar-refractivity contribution is 5.76. The predicted molar refractivity (Wildman–Crippen MR) is 129 cm³/mol. The molecule has 1 fully saturated rings. The monoisotopic (exact) mass is 522 g/mol. The molecule has 1 saturated heterocycles. The number of amides is 2. The smallest absolute Gasteiger partial charge is 0.369 e. The first-order chi connectivity index (χ1) is 17.5. The molecule has 2 N–H and O–H groups in total. The van der Waals surface area contributed by atoms with Crippen LogP contribution in [0.1, 0.15) is 42.0 Å². The molecule has 200 valence electrons. The molecular formula is C26H30F4N4O3. The zero-order valence-corrected chi connectivity index (χ0v) is 20.6. The number of alkyl halides is 3. The molecule has 0 saturated carbocycles. The van der Waals surface area contributed by atoms with E-state index in [1.807, 2.05) is 4.90 Å². The largest absolute Gasteiger partial charge is 0.416 e. The van der Waals surface area contributed by atoms with Gasteiger partial charge < -0.3 is 15.5 Å². The van der Waals surface area contributed by atoms with Gasteiger partial charge in [-0.3, -0.25) is 14.5 Å².